The third-order valence-corrected chi connectivity index (χ3v) is 2.50. The first kappa shape index (κ1) is 10.8. The zero-order valence-corrected chi connectivity index (χ0v) is 9.10. The van der Waals surface area contributed by atoms with Crippen LogP contribution in [0.4, 0.5) is 5.69 Å². The van der Waals surface area contributed by atoms with E-state index in [1.165, 1.54) is 10.9 Å². The summed E-state index contributed by atoms with van der Waals surface area (Å²) in [4.78, 5) is 18.2. The normalized spacial score (nSPS) is 10.9. The van der Waals surface area contributed by atoms with Gasteiger partial charge >= 0.3 is 5.69 Å². The minimum absolute atomic E-state index is 0.130. The van der Waals surface area contributed by atoms with Crippen molar-refractivity contribution in [2.75, 3.05) is 0 Å². The molecule has 0 bridgehead atoms. The number of nitrogens with two attached hydrogens (primary N) is 1. The average molecular weight is 242 g/mol. The molecule has 0 aliphatic rings. The van der Waals surface area contributed by atoms with E-state index in [0.29, 0.717) is 16.7 Å². The van der Waals surface area contributed by atoms with E-state index in [4.69, 9.17) is 17.3 Å². The van der Waals surface area contributed by atoms with Crippen molar-refractivity contribution in [3.63, 3.8) is 0 Å². The standard InChI is InChI=1S/C8H8ClN5O2/c1-13-3-11-5-4(2-10)12-8(9)7(6(5)13)14(15)16/h3H,2,10H2,1H3. The van der Waals surface area contributed by atoms with Crippen LogP contribution in [-0.2, 0) is 13.6 Å². The number of hydrogen-bond donors (Lipinski definition) is 1. The van der Waals surface area contributed by atoms with Crippen LogP contribution in [0.1, 0.15) is 5.69 Å². The molecule has 0 unspecified atom stereocenters. The van der Waals surface area contributed by atoms with Gasteiger partial charge in [0, 0.05) is 13.6 Å². The zero-order chi connectivity index (χ0) is 11.9. The summed E-state index contributed by atoms with van der Waals surface area (Å²) in [5, 5.41) is 10.7. The number of pyridine rings is 1. The summed E-state index contributed by atoms with van der Waals surface area (Å²) in [6, 6.07) is 0. The molecule has 0 atom stereocenters. The number of aromatic nitrogens is 3. The number of aryl methyl sites for hydroxylation is 1. The minimum Gasteiger partial charge on any atom is -0.328 e. The lowest BCUT2D eigenvalue weighted by molar-refractivity contribution is -0.383. The molecular weight excluding hydrogens is 234 g/mol. The molecule has 0 spiro atoms. The topological polar surface area (TPSA) is 99.9 Å². The summed E-state index contributed by atoms with van der Waals surface area (Å²) in [6.07, 6.45) is 1.47. The fourth-order valence-electron chi connectivity index (χ4n) is 1.55. The fraction of sp³-hybridized carbons (Fsp3) is 0.250. The van der Waals surface area contributed by atoms with Gasteiger partial charge in [-0.15, -0.1) is 0 Å². The smallest absolute Gasteiger partial charge is 0.328 e. The van der Waals surface area contributed by atoms with Crippen molar-refractivity contribution in [2.24, 2.45) is 12.8 Å². The van der Waals surface area contributed by atoms with E-state index in [1.807, 2.05) is 0 Å². The van der Waals surface area contributed by atoms with E-state index in [0.717, 1.165) is 0 Å². The zero-order valence-electron chi connectivity index (χ0n) is 8.35. The van der Waals surface area contributed by atoms with Crippen LogP contribution in [-0.4, -0.2) is 19.5 Å². The van der Waals surface area contributed by atoms with Gasteiger partial charge in [0.15, 0.2) is 5.52 Å². The molecule has 2 N–H and O–H groups in total. The molecule has 0 saturated carbocycles. The second-order valence-electron chi connectivity index (χ2n) is 3.21. The Morgan fingerprint density at radius 3 is 2.94 bits per heavy atom. The first-order valence-corrected chi connectivity index (χ1v) is 4.78. The maximum absolute atomic E-state index is 10.9. The molecule has 0 radical (unpaired) electrons. The maximum atomic E-state index is 10.9. The summed E-state index contributed by atoms with van der Waals surface area (Å²) in [5.74, 6) is 0. The second kappa shape index (κ2) is 3.69. The number of hydrogen-bond acceptors (Lipinski definition) is 5. The number of nitrogens with zero attached hydrogens (tertiary/aromatic N) is 4. The third kappa shape index (κ3) is 1.41. The maximum Gasteiger partial charge on any atom is 0.332 e. The predicted molar refractivity (Wildman–Crippen MR) is 58.1 cm³/mol. The van der Waals surface area contributed by atoms with Crippen LogP contribution in [0.2, 0.25) is 5.15 Å². The van der Waals surface area contributed by atoms with Crippen LogP contribution in [0, 0.1) is 10.1 Å². The largest absolute Gasteiger partial charge is 0.332 e. The van der Waals surface area contributed by atoms with Gasteiger partial charge in [0.2, 0.25) is 5.15 Å². The van der Waals surface area contributed by atoms with Gasteiger partial charge < -0.3 is 10.3 Å². The van der Waals surface area contributed by atoms with Crippen molar-refractivity contribution < 1.29 is 4.92 Å². The van der Waals surface area contributed by atoms with Gasteiger partial charge in [-0.1, -0.05) is 11.6 Å². The highest BCUT2D eigenvalue weighted by atomic mass is 35.5. The predicted octanol–water partition coefficient (Wildman–Crippen LogP) is 0.989. The number of fused-ring (bicyclic) bond motifs is 1. The number of imidazole rings is 1. The molecule has 2 aromatic heterocycles. The van der Waals surface area contributed by atoms with Crippen molar-refractivity contribution in [1.82, 2.24) is 14.5 Å². The Morgan fingerprint density at radius 2 is 2.38 bits per heavy atom. The van der Waals surface area contributed by atoms with E-state index in [9.17, 15) is 10.1 Å². The van der Waals surface area contributed by atoms with Crippen LogP contribution >= 0.6 is 11.6 Å². The Bertz CT molecular complexity index is 579. The van der Waals surface area contributed by atoms with Gasteiger partial charge in [0.05, 0.1) is 16.9 Å². The quantitative estimate of drug-likeness (QED) is 0.480. The van der Waals surface area contributed by atoms with Crippen LogP contribution in [0.3, 0.4) is 0 Å². The molecule has 0 fully saturated rings. The van der Waals surface area contributed by atoms with Gasteiger partial charge in [-0.2, -0.15) is 0 Å². The first-order chi connectivity index (χ1) is 7.56. The van der Waals surface area contributed by atoms with Crippen LogP contribution in [0.15, 0.2) is 6.33 Å². The Kier molecular flexibility index (Phi) is 2.49. The van der Waals surface area contributed by atoms with E-state index in [1.54, 1.807) is 7.05 Å². The average Bonchev–Trinajstić information content (AvgIpc) is 2.59. The summed E-state index contributed by atoms with van der Waals surface area (Å²) in [7, 11) is 1.65. The summed E-state index contributed by atoms with van der Waals surface area (Å²) in [6.45, 7) is 0.130. The number of halogens is 1. The van der Waals surface area contributed by atoms with E-state index in [-0.39, 0.29) is 17.4 Å². The van der Waals surface area contributed by atoms with E-state index in [2.05, 4.69) is 9.97 Å². The Labute approximate surface area is 95.0 Å². The van der Waals surface area contributed by atoms with E-state index < -0.39 is 4.92 Å². The van der Waals surface area contributed by atoms with Crippen molar-refractivity contribution in [1.29, 1.82) is 0 Å². The number of rotatable bonds is 2. The molecule has 2 rings (SSSR count). The molecule has 7 nitrogen and oxygen atoms in total. The molecule has 2 heterocycles. The van der Waals surface area contributed by atoms with Crippen LogP contribution in [0.25, 0.3) is 11.0 Å². The monoisotopic (exact) mass is 241 g/mol. The van der Waals surface area contributed by atoms with Crippen molar-refractivity contribution >= 4 is 28.3 Å². The molecule has 84 valence electrons. The van der Waals surface area contributed by atoms with Crippen LogP contribution < -0.4 is 5.73 Å². The fourth-order valence-corrected chi connectivity index (χ4v) is 1.81. The van der Waals surface area contributed by atoms with E-state index >= 15 is 0 Å². The van der Waals surface area contributed by atoms with Gasteiger partial charge in [-0.05, 0) is 0 Å². The highest BCUT2D eigenvalue weighted by molar-refractivity contribution is 6.32. The first-order valence-electron chi connectivity index (χ1n) is 4.40. The Hall–Kier alpha value is -1.73. The molecular formula is C8H8ClN5O2. The molecule has 2 aromatic rings. The Morgan fingerprint density at radius 1 is 1.69 bits per heavy atom. The molecule has 0 aliphatic carbocycles. The molecule has 0 amide bonds. The second-order valence-corrected chi connectivity index (χ2v) is 3.57. The van der Waals surface area contributed by atoms with Gasteiger partial charge in [0.1, 0.15) is 5.52 Å². The summed E-state index contributed by atoms with van der Waals surface area (Å²) >= 11 is 5.76. The number of nitro groups is 1. The van der Waals surface area contributed by atoms with Gasteiger partial charge in [-0.25, -0.2) is 9.97 Å². The highest BCUT2D eigenvalue weighted by Gasteiger charge is 2.24. The van der Waals surface area contributed by atoms with Crippen molar-refractivity contribution in [3.05, 3.63) is 27.3 Å². The Balaban J connectivity index is 2.95. The third-order valence-electron chi connectivity index (χ3n) is 2.24. The molecule has 0 aliphatic heterocycles. The van der Waals surface area contributed by atoms with Gasteiger partial charge in [0.25, 0.3) is 0 Å². The summed E-state index contributed by atoms with van der Waals surface area (Å²) < 4.78 is 1.53. The molecule has 0 saturated heterocycles. The minimum atomic E-state index is -0.570. The van der Waals surface area contributed by atoms with Crippen LogP contribution in [0.5, 0.6) is 0 Å². The summed E-state index contributed by atoms with van der Waals surface area (Å²) in [5.41, 5.74) is 6.44. The molecule has 8 heteroatoms. The van der Waals surface area contributed by atoms with Crippen molar-refractivity contribution in [3.8, 4) is 0 Å². The lowest BCUT2D eigenvalue weighted by Gasteiger charge is -2.02. The van der Waals surface area contributed by atoms with Crippen molar-refractivity contribution in [2.45, 2.75) is 6.54 Å². The molecule has 0 aromatic carbocycles. The lowest BCUT2D eigenvalue weighted by atomic mass is 10.2. The lowest BCUT2D eigenvalue weighted by Crippen LogP contribution is -2.04. The highest BCUT2D eigenvalue weighted by Crippen LogP contribution is 2.32. The molecule has 16 heavy (non-hydrogen) atoms. The SMILES string of the molecule is Cn1cnc2c(CN)nc(Cl)c([N+](=O)[O-])c21. The van der Waals surface area contributed by atoms with Gasteiger partial charge in [-0.3, -0.25) is 10.1 Å².